The Morgan fingerprint density at radius 3 is 2.68 bits per heavy atom. The molecule has 7 nitrogen and oxygen atoms in total. The minimum absolute atomic E-state index is 0.0218. The van der Waals surface area contributed by atoms with Crippen molar-refractivity contribution in [1.29, 1.82) is 0 Å². The highest BCUT2D eigenvalue weighted by molar-refractivity contribution is 5.96. The number of aromatic nitrogens is 1. The van der Waals surface area contributed by atoms with Gasteiger partial charge in [-0.1, -0.05) is 0 Å². The van der Waals surface area contributed by atoms with Crippen molar-refractivity contribution in [3.8, 4) is 5.88 Å². The van der Waals surface area contributed by atoms with E-state index in [-0.39, 0.29) is 11.8 Å². The Morgan fingerprint density at radius 1 is 1.29 bits per heavy atom. The molecule has 1 N–H and O–H groups in total. The number of furan rings is 1. The first-order chi connectivity index (χ1) is 13.5. The van der Waals surface area contributed by atoms with Gasteiger partial charge in [-0.25, -0.2) is 4.98 Å². The molecular weight excluding hydrogens is 358 g/mol. The van der Waals surface area contributed by atoms with E-state index in [1.54, 1.807) is 24.4 Å². The van der Waals surface area contributed by atoms with Gasteiger partial charge < -0.3 is 19.4 Å². The van der Waals surface area contributed by atoms with Gasteiger partial charge in [-0.15, -0.1) is 0 Å². The molecule has 0 unspecified atom stereocenters. The van der Waals surface area contributed by atoms with Gasteiger partial charge in [-0.05, 0) is 57.7 Å². The molecule has 28 heavy (non-hydrogen) atoms. The zero-order chi connectivity index (χ0) is 20.1. The average molecular weight is 385 g/mol. The Morgan fingerprint density at radius 2 is 2.04 bits per heavy atom. The maximum atomic E-state index is 12.7. The number of carbonyl (C=O) groups excluding carboxylic acids is 2. The number of hydrogen-bond acceptors (Lipinski definition) is 5. The third-order valence-electron chi connectivity index (χ3n) is 5.02. The SMILES string of the molecule is CCOc1ncccc1C(=O)NCC1CCN(C(=O)c2cc(C)oc2C)CC1. The fourth-order valence-corrected chi connectivity index (χ4v) is 3.50. The summed E-state index contributed by atoms with van der Waals surface area (Å²) in [5, 5.41) is 2.98. The monoisotopic (exact) mass is 385 g/mol. The Kier molecular flexibility index (Phi) is 6.34. The molecule has 1 aliphatic heterocycles. The first-order valence-corrected chi connectivity index (χ1v) is 9.72. The Bertz CT molecular complexity index is 838. The Hall–Kier alpha value is -2.83. The van der Waals surface area contributed by atoms with E-state index in [0.717, 1.165) is 18.6 Å². The van der Waals surface area contributed by atoms with Crippen molar-refractivity contribution in [2.75, 3.05) is 26.2 Å². The molecule has 150 valence electrons. The maximum Gasteiger partial charge on any atom is 0.257 e. The van der Waals surface area contributed by atoms with E-state index in [1.807, 2.05) is 25.7 Å². The van der Waals surface area contributed by atoms with Crippen molar-refractivity contribution in [2.24, 2.45) is 5.92 Å². The second kappa shape index (κ2) is 8.91. The molecule has 1 saturated heterocycles. The number of rotatable bonds is 6. The highest BCUT2D eigenvalue weighted by Crippen LogP contribution is 2.22. The van der Waals surface area contributed by atoms with E-state index >= 15 is 0 Å². The van der Waals surface area contributed by atoms with Crippen LogP contribution >= 0.6 is 0 Å². The Balaban J connectivity index is 1.50. The smallest absolute Gasteiger partial charge is 0.257 e. The summed E-state index contributed by atoms with van der Waals surface area (Å²) in [4.78, 5) is 31.1. The summed E-state index contributed by atoms with van der Waals surface area (Å²) in [5.41, 5.74) is 1.09. The predicted octanol–water partition coefficient (Wildman–Crippen LogP) is 2.97. The minimum Gasteiger partial charge on any atom is -0.477 e. The van der Waals surface area contributed by atoms with Crippen molar-refractivity contribution in [1.82, 2.24) is 15.2 Å². The summed E-state index contributed by atoms with van der Waals surface area (Å²) >= 11 is 0. The van der Waals surface area contributed by atoms with Crippen LogP contribution in [0.2, 0.25) is 0 Å². The molecule has 0 saturated carbocycles. The predicted molar refractivity (Wildman–Crippen MR) is 105 cm³/mol. The number of nitrogens with zero attached hydrogens (tertiary/aromatic N) is 2. The van der Waals surface area contributed by atoms with Gasteiger partial charge >= 0.3 is 0 Å². The average Bonchev–Trinajstić information content (AvgIpc) is 3.04. The van der Waals surface area contributed by atoms with Gasteiger partial charge in [0, 0.05) is 25.8 Å². The minimum atomic E-state index is -0.181. The van der Waals surface area contributed by atoms with E-state index < -0.39 is 0 Å². The van der Waals surface area contributed by atoms with Gasteiger partial charge in [-0.2, -0.15) is 0 Å². The molecule has 7 heteroatoms. The topological polar surface area (TPSA) is 84.7 Å². The van der Waals surface area contributed by atoms with Crippen molar-refractivity contribution in [2.45, 2.75) is 33.6 Å². The number of amides is 2. The molecule has 2 amide bonds. The van der Waals surface area contributed by atoms with E-state index in [0.29, 0.717) is 54.9 Å². The summed E-state index contributed by atoms with van der Waals surface area (Å²) in [5.74, 6) is 1.95. The maximum absolute atomic E-state index is 12.7. The second-order valence-electron chi connectivity index (χ2n) is 7.06. The van der Waals surface area contributed by atoms with Crippen LogP contribution in [0.4, 0.5) is 0 Å². The van der Waals surface area contributed by atoms with Crippen molar-refractivity contribution in [3.05, 3.63) is 47.0 Å². The van der Waals surface area contributed by atoms with Crippen LogP contribution in [0.25, 0.3) is 0 Å². The van der Waals surface area contributed by atoms with Crippen molar-refractivity contribution < 1.29 is 18.7 Å². The van der Waals surface area contributed by atoms with Crippen LogP contribution in [0.3, 0.4) is 0 Å². The Labute approximate surface area is 165 Å². The number of likely N-dealkylation sites (tertiary alicyclic amines) is 1. The van der Waals surface area contributed by atoms with Gasteiger partial charge in [-0.3, -0.25) is 9.59 Å². The number of piperidine rings is 1. The first kappa shape index (κ1) is 19.9. The molecule has 1 aliphatic rings. The van der Waals surface area contributed by atoms with Crippen LogP contribution in [0.1, 0.15) is 52.0 Å². The molecule has 0 radical (unpaired) electrons. The number of aryl methyl sites for hydroxylation is 2. The highest BCUT2D eigenvalue weighted by Gasteiger charge is 2.26. The zero-order valence-corrected chi connectivity index (χ0v) is 16.7. The van der Waals surface area contributed by atoms with E-state index in [4.69, 9.17) is 9.15 Å². The third kappa shape index (κ3) is 4.52. The highest BCUT2D eigenvalue weighted by atomic mass is 16.5. The standard InChI is InChI=1S/C21H27N3O4/c1-4-27-20-17(6-5-9-22-20)19(25)23-13-16-7-10-24(11-8-16)21(26)18-12-14(2)28-15(18)3/h5-6,9,12,16H,4,7-8,10-11,13H2,1-3H3,(H,23,25). The quantitative estimate of drug-likeness (QED) is 0.826. The third-order valence-corrected chi connectivity index (χ3v) is 5.02. The molecule has 0 atom stereocenters. The molecule has 3 rings (SSSR count). The van der Waals surface area contributed by atoms with E-state index in [2.05, 4.69) is 10.3 Å². The molecule has 3 heterocycles. The molecule has 0 bridgehead atoms. The fourth-order valence-electron chi connectivity index (χ4n) is 3.50. The van der Waals surface area contributed by atoms with Gasteiger partial charge in [0.25, 0.3) is 11.8 Å². The lowest BCUT2D eigenvalue weighted by Crippen LogP contribution is -2.41. The molecule has 0 aliphatic carbocycles. The largest absolute Gasteiger partial charge is 0.477 e. The van der Waals surface area contributed by atoms with E-state index in [9.17, 15) is 9.59 Å². The molecule has 1 fully saturated rings. The molecule has 0 spiro atoms. The molecule has 0 aromatic carbocycles. The van der Waals surface area contributed by atoms with Gasteiger partial charge in [0.05, 0.1) is 12.2 Å². The molecular formula is C21H27N3O4. The lowest BCUT2D eigenvalue weighted by atomic mass is 9.96. The summed E-state index contributed by atoms with van der Waals surface area (Å²) in [6.45, 7) is 7.91. The number of ether oxygens (including phenoxy) is 1. The lowest BCUT2D eigenvalue weighted by Gasteiger charge is -2.32. The summed E-state index contributed by atoms with van der Waals surface area (Å²) in [7, 11) is 0. The van der Waals surface area contributed by atoms with Gasteiger partial charge in [0.2, 0.25) is 5.88 Å². The van der Waals surface area contributed by atoms with Crippen molar-refractivity contribution >= 4 is 11.8 Å². The number of nitrogens with one attached hydrogen (secondary N) is 1. The summed E-state index contributed by atoms with van der Waals surface area (Å²) in [6.07, 6.45) is 3.32. The van der Waals surface area contributed by atoms with Crippen LogP contribution in [0.15, 0.2) is 28.8 Å². The van der Waals surface area contributed by atoms with Gasteiger partial charge in [0.1, 0.15) is 17.1 Å². The fraction of sp³-hybridized carbons (Fsp3) is 0.476. The zero-order valence-electron chi connectivity index (χ0n) is 16.7. The van der Waals surface area contributed by atoms with Crippen LogP contribution in [-0.2, 0) is 0 Å². The molecule has 2 aromatic rings. The second-order valence-corrected chi connectivity index (χ2v) is 7.06. The van der Waals surface area contributed by atoms with Crippen LogP contribution < -0.4 is 10.1 Å². The number of pyridine rings is 1. The normalized spacial score (nSPS) is 14.8. The summed E-state index contributed by atoms with van der Waals surface area (Å²) in [6, 6.07) is 5.23. The first-order valence-electron chi connectivity index (χ1n) is 9.72. The van der Waals surface area contributed by atoms with Crippen LogP contribution in [0, 0.1) is 19.8 Å². The lowest BCUT2D eigenvalue weighted by molar-refractivity contribution is 0.0682. The van der Waals surface area contributed by atoms with Gasteiger partial charge in [0.15, 0.2) is 0 Å². The van der Waals surface area contributed by atoms with Crippen LogP contribution in [0.5, 0.6) is 5.88 Å². The summed E-state index contributed by atoms with van der Waals surface area (Å²) < 4.78 is 10.9. The van der Waals surface area contributed by atoms with E-state index in [1.165, 1.54) is 0 Å². The molecule has 2 aromatic heterocycles. The van der Waals surface area contributed by atoms with Crippen LogP contribution in [-0.4, -0.2) is 47.9 Å². The van der Waals surface area contributed by atoms with Crippen molar-refractivity contribution in [3.63, 3.8) is 0 Å². The number of carbonyl (C=O) groups is 2. The number of hydrogen-bond donors (Lipinski definition) is 1.